The Hall–Kier alpha value is -1.09. The fourth-order valence-corrected chi connectivity index (χ4v) is 2.13. The first kappa shape index (κ1) is 11.4. The minimum Gasteiger partial charge on any atom is -0.505 e. The van der Waals surface area contributed by atoms with Crippen molar-refractivity contribution in [2.24, 2.45) is 5.41 Å². The van der Waals surface area contributed by atoms with Crippen LogP contribution in [0.5, 0.6) is 5.75 Å². The van der Waals surface area contributed by atoms with E-state index in [-0.39, 0.29) is 5.75 Å². The number of aromatic hydroxyl groups is 1. The van der Waals surface area contributed by atoms with Crippen LogP contribution in [0.15, 0.2) is 18.2 Å². The lowest BCUT2D eigenvalue weighted by Crippen LogP contribution is -2.36. The van der Waals surface area contributed by atoms with Gasteiger partial charge in [-0.15, -0.1) is 0 Å². The van der Waals surface area contributed by atoms with Crippen molar-refractivity contribution in [2.45, 2.75) is 32.7 Å². The molecule has 0 saturated heterocycles. The number of phenols is 1. The van der Waals surface area contributed by atoms with Crippen LogP contribution < -0.4 is 5.32 Å². The molecule has 1 aromatic rings. The van der Waals surface area contributed by atoms with Gasteiger partial charge in [0.1, 0.15) is 0 Å². The molecule has 88 valence electrons. The summed E-state index contributed by atoms with van der Waals surface area (Å²) < 4.78 is 13.0. The minimum absolute atomic E-state index is 0.283. The summed E-state index contributed by atoms with van der Waals surface area (Å²) in [5, 5.41) is 12.4. The van der Waals surface area contributed by atoms with Crippen molar-refractivity contribution in [1.29, 1.82) is 0 Å². The summed E-state index contributed by atoms with van der Waals surface area (Å²) in [4.78, 5) is 0. The highest BCUT2D eigenvalue weighted by Gasteiger charge is 2.30. The zero-order chi connectivity index (χ0) is 11.6. The molecule has 16 heavy (non-hydrogen) atoms. The van der Waals surface area contributed by atoms with Crippen molar-refractivity contribution < 1.29 is 9.50 Å². The molecule has 1 aliphatic carbocycles. The maximum atomic E-state index is 13.0. The molecule has 0 aromatic heterocycles. The zero-order valence-electron chi connectivity index (χ0n) is 9.59. The fraction of sp³-hybridized carbons (Fsp3) is 0.538. The number of benzene rings is 1. The molecule has 0 unspecified atom stereocenters. The molecule has 1 aromatic carbocycles. The number of phenolic OH excluding ortho intramolecular Hbond substituents is 1. The van der Waals surface area contributed by atoms with E-state index in [1.807, 2.05) is 0 Å². The van der Waals surface area contributed by atoms with E-state index in [1.54, 1.807) is 6.07 Å². The van der Waals surface area contributed by atoms with Crippen LogP contribution in [-0.2, 0) is 6.54 Å². The second-order valence-corrected chi connectivity index (χ2v) is 5.05. The molecule has 0 heterocycles. The summed E-state index contributed by atoms with van der Waals surface area (Å²) in [6.45, 7) is 3.92. The van der Waals surface area contributed by atoms with E-state index in [9.17, 15) is 4.39 Å². The predicted molar refractivity (Wildman–Crippen MR) is 61.7 cm³/mol. The molecule has 0 bridgehead atoms. The van der Waals surface area contributed by atoms with Crippen LogP contribution in [0.25, 0.3) is 0 Å². The summed E-state index contributed by atoms with van der Waals surface area (Å²) in [5.74, 6) is -0.830. The number of rotatable bonds is 4. The summed E-state index contributed by atoms with van der Waals surface area (Å²) in [6.07, 6.45) is 3.89. The smallest absolute Gasteiger partial charge is 0.165 e. The highest BCUT2D eigenvalue weighted by molar-refractivity contribution is 5.27. The topological polar surface area (TPSA) is 32.3 Å². The van der Waals surface area contributed by atoms with Crippen LogP contribution in [0.2, 0.25) is 0 Å². The lowest BCUT2D eigenvalue weighted by atomic mass is 9.70. The Balaban J connectivity index is 1.83. The third-order valence-electron chi connectivity index (χ3n) is 3.45. The average molecular weight is 223 g/mol. The molecule has 1 aliphatic rings. The van der Waals surface area contributed by atoms with Crippen molar-refractivity contribution in [3.8, 4) is 5.75 Å². The van der Waals surface area contributed by atoms with Crippen molar-refractivity contribution in [3.05, 3.63) is 29.6 Å². The van der Waals surface area contributed by atoms with E-state index in [0.717, 1.165) is 12.1 Å². The number of halogens is 1. The van der Waals surface area contributed by atoms with E-state index >= 15 is 0 Å². The largest absolute Gasteiger partial charge is 0.505 e. The first-order valence-corrected chi connectivity index (χ1v) is 5.77. The van der Waals surface area contributed by atoms with Gasteiger partial charge < -0.3 is 10.4 Å². The van der Waals surface area contributed by atoms with E-state index < -0.39 is 5.82 Å². The van der Waals surface area contributed by atoms with Crippen LogP contribution in [0, 0.1) is 11.2 Å². The van der Waals surface area contributed by atoms with Crippen LogP contribution in [0.1, 0.15) is 31.7 Å². The molecular formula is C13H18FNO. The Morgan fingerprint density at radius 2 is 2.19 bits per heavy atom. The molecule has 0 atom stereocenters. The summed E-state index contributed by atoms with van der Waals surface area (Å²) >= 11 is 0. The Bertz CT molecular complexity index is 374. The lowest BCUT2D eigenvalue weighted by Gasteiger charge is -2.38. The molecule has 2 nitrogen and oxygen atoms in total. The quantitative estimate of drug-likeness (QED) is 0.822. The molecule has 0 amide bonds. The first-order chi connectivity index (χ1) is 7.59. The van der Waals surface area contributed by atoms with Gasteiger partial charge >= 0.3 is 0 Å². The Morgan fingerprint density at radius 3 is 2.75 bits per heavy atom. The van der Waals surface area contributed by atoms with Crippen LogP contribution in [0.4, 0.5) is 4.39 Å². The highest BCUT2D eigenvalue weighted by atomic mass is 19.1. The molecule has 3 heteroatoms. The van der Waals surface area contributed by atoms with Gasteiger partial charge in [0, 0.05) is 13.1 Å². The molecule has 0 radical (unpaired) electrons. The molecule has 1 fully saturated rings. The van der Waals surface area contributed by atoms with Crippen LogP contribution >= 0.6 is 0 Å². The third kappa shape index (κ3) is 2.53. The molecule has 0 aliphatic heterocycles. The summed E-state index contributed by atoms with van der Waals surface area (Å²) in [7, 11) is 0. The van der Waals surface area contributed by atoms with Crippen molar-refractivity contribution in [2.75, 3.05) is 6.54 Å². The van der Waals surface area contributed by atoms with Crippen LogP contribution in [0.3, 0.4) is 0 Å². The van der Waals surface area contributed by atoms with Gasteiger partial charge in [-0.1, -0.05) is 19.4 Å². The summed E-state index contributed by atoms with van der Waals surface area (Å²) in [5.41, 5.74) is 1.31. The predicted octanol–water partition coefficient (Wildman–Crippen LogP) is 2.81. The monoisotopic (exact) mass is 223 g/mol. The van der Waals surface area contributed by atoms with Gasteiger partial charge in [-0.05, 0) is 36.0 Å². The Kier molecular flexibility index (Phi) is 3.15. The highest BCUT2D eigenvalue weighted by Crippen LogP contribution is 2.39. The van der Waals surface area contributed by atoms with Crippen LogP contribution in [-0.4, -0.2) is 11.7 Å². The van der Waals surface area contributed by atoms with Gasteiger partial charge in [-0.25, -0.2) is 4.39 Å². The van der Waals surface area contributed by atoms with Gasteiger partial charge in [-0.2, -0.15) is 0 Å². The minimum atomic E-state index is -0.547. The second-order valence-electron chi connectivity index (χ2n) is 5.05. The van der Waals surface area contributed by atoms with E-state index in [4.69, 9.17) is 5.11 Å². The molecule has 0 spiro atoms. The summed E-state index contributed by atoms with van der Waals surface area (Å²) in [6, 6.07) is 4.53. The maximum Gasteiger partial charge on any atom is 0.165 e. The number of nitrogens with one attached hydrogen (secondary N) is 1. The van der Waals surface area contributed by atoms with Gasteiger partial charge in [-0.3, -0.25) is 0 Å². The first-order valence-electron chi connectivity index (χ1n) is 5.77. The average Bonchev–Trinajstić information content (AvgIpc) is 2.21. The normalized spacial score (nSPS) is 18.1. The lowest BCUT2D eigenvalue weighted by molar-refractivity contribution is 0.156. The van der Waals surface area contributed by atoms with E-state index in [0.29, 0.717) is 12.0 Å². The standard InChI is InChI=1S/C13H18FNO/c1-13(5-2-6-13)9-15-8-10-3-4-12(16)11(14)7-10/h3-4,7,15-16H,2,5-6,8-9H2,1H3. The SMILES string of the molecule is CC1(CNCc2ccc(O)c(F)c2)CCC1. The Labute approximate surface area is 95.5 Å². The van der Waals surface area contributed by atoms with E-state index in [2.05, 4.69) is 12.2 Å². The Morgan fingerprint density at radius 1 is 1.44 bits per heavy atom. The number of hydrogen-bond donors (Lipinski definition) is 2. The zero-order valence-corrected chi connectivity index (χ0v) is 9.59. The van der Waals surface area contributed by atoms with Gasteiger partial charge in [0.2, 0.25) is 0 Å². The van der Waals surface area contributed by atoms with Crippen molar-refractivity contribution in [1.82, 2.24) is 5.32 Å². The van der Waals surface area contributed by atoms with Gasteiger partial charge in [0.15, 0.2) is 11.6 Å². The molecular weight excluding hydrogens is 205 g/mol. The molecule has 2 N–H and O–H groups in total. The third-order valence-corrected chi connectivity index (χ3v) is 3.45. The van der Waals surface area contributed by atoms with Crippen molar-refractivity contribution in [3.63, 3.8) is 0 Å². The second kappa shape index (κ2) is 4.42. The fourth-order valence-electron chi connectivity index (χ4n) is 2.13. The number of hydrogen-bond acceptors (Lipinski definition) is 2. The molecule has 1 saturated carbocycles. The maximum absolute atomic E-state index is 13.0. The van der Waals surface area contributed by atoms with Gasteiger partial charge in [0.05, 0.1) is 0 Å². The molecule has 2 rings (SSSR count). The van der Waals surface area contributed by atoms with E-state index in [1.165, 1.54) is 31.4 Å². The van der Waals surface area contributed by atoms with Gasteiger partial charge in [0.25, 0.3) is 0 Å². The van der Waals surface area contributed by atoms with Crippen molar-refractivity contribution >= 4 is 0 Å².